The zero-order valence-electron chi connectivity index (χ0n) is 12.3. The summed E-state index contributed by atoms with van der Waals surface area (Å²) in [6.07, 6.45) is 2.78. The maximum atomic E-state index is 11.7. The number of amides is 1. The minimum atomic E-state index is 0.154. The molecule has 1 aliphatic heterocycles. The van der Waals surface area contributed by atoms with Gasteiger partial charge in [0, 0.05) is 48.7 Å². The Kier molecular flexibility index (Phi) is 3.76. The van der Waals surface area contributed by atoms with Gasteiger partial charge in [-0.05, 0) is 18.6 Å². The summed E-state index contributed by atoms with van der Waals surface area (Å²) in [7, 11) is 0. The second-order valence-corrected chi connectivity index (χ2v) is 5.91. The summed E-state index contributed by atoms with van der Waals surface area (Å²) >= 11 is 6.21. The molecule has 0 bridgehead atoms. The maximum absolute atomic E-state index is 11.7. The third kappa shape index (κ3) is 2.58. The van der Waals surface area contributed by atoms with Crippen molar-refractivity contribution in [2.45, 2.75) is 26.3 Å². The molecule has 6 heteroatoms. The van der Waals surface area contributed by atoms with Gasteiger partial charge < -0.3 is 9.80 Å². The van der Waals surface area contributed by atoms with Gasteiger partial charge in [-0.25, -0.2) is 0 Å². The van der Waals surface area contributed by atoms with E-state index < -0.39 is 0 Å². The van der Waals surface area contributed by atoms with Gasteiger partial charge in [0.2, 0.25) is 5.91 Å². The number of nitrogens with zero attached hydrogens (tertiary/aromatic N) is 3. The average molecular weight is 307 g/mol. The summed E-state index contributed by atoms with van der Waals surface area (Å²) in [6.45, 7) is 6.16. The molecule has 1 saturated heterocycles. The van der Waals surface area contributed by atoms with Gasteiger partial charge in [-0.1, -0.05) is 18.5 Å². The van der Waals surface area contributed by atoms with Crippen LogP contribution in [-0.4, -0.2) is 46.7 Å². The van der Waals surface area contributed by atoms with Gasteiger partial charge in [0.1, 0.15) is 0 Å². The van der Waals surface area contributed by atoms with Crippen LogP contribution in [0.5, 0.6) is 0 Å². The first-order valence-electron chi connectivity index (χ1n) is 7.25. The molecule has 0 saturated carbocycles. The Morgan fingerprint density at radius 1 is 1.48 bits per heavy atom. The van der Waals surface area contributed by atoms with Crippen molar-refractivity contribution in [2.75, 3.05) is 24.5 Å². The minimum Gasteiger partial charge on any atom is -0.367 e. The zero-order valence-corrected chi connectivity index (χ0v) is 13.0. The van der Waals surface area contributed by atoms with Gasteiger partial charge >= 0.3 is 0 Å². The van der Waals surface area contributed by atoms with Crippen molar-refractivity contribution in [3.63, 3.8) is 0 Å². The Morgan fingerprint density at radius 2 is 2.29 bits per heavy atom. The molecule has 1 amide bonds. The van der Waals surface area contributed by atoms with Crippen LogP contribution in [-0.2, 0) is 4.79 Å². The fourth-order valence-electron chi connectivity index (χ4n) is 3.10. The standard InChI is InChI=1S/C15H19ClN4O/c1-3-12-9-19(4-5-20(12)10(2)21)15-7-11(16)6-14-13(15)8-17-18-14/h6-8,12H,3-5,9H2,1-2H3,(H,17,18). The molecule has 1 aromatic carbocycles. The predicted octanol–water partition coefficient (Wildman–Crippen LogP) is 2.66. The first-order chi connectivity index (χ1) is 10.1. The molecule has 1 aromatic heterocycles. The molecule has 5 nitrogen and oxygen atoms in total. The van der Waals surface area contributed by atoms with Crippen LogP contribution >= 0.6 is 11.6 Å². The quantitative estimate of drug-likeness (QED) is 0.928. The highest BCUT2D eigenvalue weighted by Gasteiger charge is 2.28. The third-order valence-corrected chi connectivity index (χ3v) is 4.42. The van der Waals surface area contributed by atoms with Crippen LogP contribution in [0, 0.1) is 0 Å². The first-order valence-corrected chi connectivity index (χ1v) is 7.62. The average Bonchev–Trinajstić information content (AvgIpc) is 2.93. The van der Waals surface area contributed by atoms with Gasteiger partial charge in [-0.2, -0.15) is 5.10 Å². The number of halogens is 1. The molecule has 3 rings (SSSR count). The van der Waals surface area contributed by atoms with Crippen LogP contribution < -0.4 is 4.90 Å². The second-order valence-electron chi connectivity index (χ2n) is 5.48. The summed E-state index contributed by atoms with van der Waals surface area (Å²) in [5, 5.41) is 8.84. The number of aromatic amines is 1. The third-order valence-electron chi connectivity index (χ3n) is 4.20. The molecule has 0 spiro atoms. The Morgan fingerprint density at radius 3 is 3.00 bits per heavy atom. The van der Waals surface area contributed by atoms with E-state index in [-0.39, 0.29) is 11.9 Å². The van der Waals surface area contributed by atoms with Crippen molar-refractivity contribution in [3.05, 3.63) is 23.4 Å². The second kappa shape index (κ2) is 5.56. The Labute approximate surface area is 128 Å². The van der Waals surface area contributed by atoms with Crippen LogP contribution in [0.25, 0.3) is 10.9 Å². The first kappa shape index (κ1) is 14.2. The molecule has 0 radical (unpaired) electrons. The summed E-state index contributed by atoms with van der Waals surface area (Å²) < 4.78 is 0. The molecule has 1 unspecified atom stereocenters. The van der Waals surface area contributed by atoms with Crippen molar-refractivity contribution in [1.29, 1.82) is 0 Å². The van der Waals surface area contributed by atoms with Crippen LogP contribution in [0.3, 0.4) is 0 Å². The van der Waals surface area contributed by atoms with E-state index >= 15 is 0 Å². The van der Waals surface area contributed by atoms with Crippen molar-refractivity contribution >= 4 is 34.1 Å². The smallest absolute Gasteiger partial charge is 0.219 e. The number of anilines is 1. The molecule has 1 fully saturated rings. The van der Waals surface area contributed by atoms with Gasteiger partial charge in [0.25, 0.3) is 0 Å². The van der Waals surface area contributed by atoms with Gasteiger partial charge in [0.05, 0.1) is 11.7 Å². The monoisotopic (exact) mass is 306 g/mol. The number of aromatic nitrogens is 2. The van der Waals surface area contributed by atoms with E-state index in [1.54, 1.807) is 6.92 Å². The molecule has 112 valence electrons. The van der Waals surface area contributed by atoms with Crippen LogP contribution in [0.1, 0.15) is 20.3 Å². The lowest BCUT2D eigenvalue weighted by Crippen LogP contribution is -2.54. The Bertz CT molecular complexity index is 669. The van der Waals surface area contributed by atoms with Crippen LogP contribution in [0.15, 0.2) is 18.3 Å². The van der Waals surface area contributed by atoms with Gasteiger partial charge in [0.15, 0.2) is 0 Å². The summed E-state index contributed by atoms with van der Waals surface area (Å²) in [5.74, 6) is 0.154. The van der Waals surface area contributed by atoms with Crippen LogP contribution in [0.2, 0.25) is 5.02 Å². The molecule has 21 heavy (non-hydrogen) atoms. The number of rotatable bonds is 2. The number of hydrogen-bond donors (Lipinski definition) is 1. The number of piperazine rings is 1. The van der Waals surface area contributed by atoms with Crippen molar-refractivity contribution < 1.29 is 4.79 Å². The van der Waals surface area contributed by atoms with E-state index in [0.29, 0.717) is 5.02 Å². The SMILES string of the molecule is CCC1CN(c2cc(Cl)cc3[nH]ncc23)CCN1C(C)=O. The molecule has 1 atom stereocenters. The minimum absolute atomic E-state index is 0.154. The van der Waals surface area contributed by atoms with Crippen molar-refractivity contribution in [1.82, 2.24) is 15.1 Å². The summed E-state index contributed by atoms with van der Waals surface area (Å²) in [6, 6.07) is 4.11. The van der Waals surface area contributed by atoms with E-state index in [9.17, 15) is 4.79 Å². The lowest BCUT2D eigenvalue weighted by molar-refractivity contribution is -0.131. The maximum Gasteiger partial charge on any atom is 0.219 e. The normalized spacial score (nSPS) is 19.3. The molecule has 1 N–H and O–H groups in total. The van der Waals surface area contributed by atoms with Gasteiger partial charge in [-0.3, -0.25) is 9.89 Å². The number of nitrogens with one attached hydrogen (secondary N) is 1. The molecule has 2 aromatic rings. The fraction of sp³-hybridized carbons (Fsp3) is 0.467. The Balaban J connectivity index is 1.93. The number of hydrogen-bond acceptors (Lipinski definition) is 3. The molecular formula is C15H19ClN4O. The lowest BCUT2D eigenvalue weighted by atomic mass is 10.1. The highest BCUT2D eigenvalue weighted by atomic mass is 35.5. The number of benzene rings is 1. The lowest BCUT2D eigenvalue weighted by Gasteiger charge is -2.42. The highest BCUT2D eigenvalue weighted by molar-refractivity contribution is 6.31. The summed E-state index contributed by atoms with van der Waals surface area (Å²) in [5.41, 5.74) is 2.03. The zero-order chi connectivity index (χ0) is 15.0. The Hall–Kier alpha value is -1.75. The molecule has 0 aliphatic carbocycles. The van der Waals surface area contributed by atoms with E-state index in [4.69, 9.17) is 11.6 Å². The van der Waals surface area contributed by atoms with Crippen LogP contribution in [0.4, 0.5) is 5.69 Å². The van der Waals surface area contributed by atoms with Gasteiger partial charge in [-0.15, -0.1) is 0 Å². The fourth-order valence-corrected chi connectivity index (χ4v) is 3.31. The van der Waals surface area contributed by atoms with E-state index in [1.165, 1.54) is 0 Å². The van der Waals surface area contributed by atoms with E-state index in [2.05, 4.69) is 22.0 Å². The number of H-pyrrole nitrogens is 1. The number of carbonyl (C=O) groups is 1. The summed E-state index contributed by atoms with van der Waals surface area (Å²) in [4.78, 5) is 16.0. The highest BCUT2D eigenvalue weighted by Crippen LogP contribution is 2.31. The van der Waals surface area contributed by atoms with E-state index in [0.717, 1.165) is 42.6 Å². The predicted molar refractivity (Wildman–Crippen MR) is 84.8 cm³/mol. The largest absolute Gasteiger partial charge is 0.367 e. The topological polar surface area (TPSA) is 52.2 Å². The number of carbonyl (C=O) groups excluding carboxylic acids is 1. The molecule has 1 aliphatic rings. The molecular weight excluding hydrogens is 288 g/mol. The van der Waals surface area contributed by atoms with E-state index in [1.807, 2.05) is 23.2 Å². The molecule has 2 heterocycles. The van der Waals surface area contributed by atoms with Crippen molar-refractivity contribution in [3.8, 4) is 0 Å². The number of fused-ring (bicyclic) bond motifs is 1. The van der Waals surface area contributed by atoms with Crippen molar-refractivity contribution in [2.24, 2.45) is 0 Å².